The van der Waals surface area contributed by atoms with E-state index in [1.807, 2.05) is 17.5 Å². The average molecular weight is 410 g/mol. The zero-order valence-corrected chi connectivity index (χ0v) is 15.6. The van der Waals surface area contributed by atoms with Crippen molar-refractivity contribution in [2.75, 3.05) is 0 Å². The zero-order valence-electron chi connectivity index (χ0n) is 11.7. The first-order valence-electron chi connectivity index (χ1n) is 6.01. The van der Waals surface area contributed by atoms with Gasteiger partial charge in [0.15, 0.2) is 4.96 Å². The lowest BCUT2D eigenvalue weighted by Crippen LogP contribution is -2.21. The van der Waals surface area contributed by atoms with Crippen molar-refractivity contribution in [1.29, 1.82) is 0 Å². The molecule has 3 rings (SSSR count). The molecular formula is C12H11Cl3N6S2. The van der Waals surface area contributed by atoms with Crippen molar-refractivity contribution >= 4 is 75.4 Å². The lowest BCUT2D eigenvalue weighted by atomic mass is 10.2. The number of halogens is 3. The van der Waals surface area contributed by atoms with Gasteiger partial charge in [-0.05, 0) is 13.0 Å². The third-order valence-electron chi connectivity index (χ3n) is 2.74. The van der Waals surface area contributed by atoms with Crippen LogP contribution in [0.5, 0.6) is 0 Å². The minimum Gasteiger partial charge on any atom is -0.369 e. The van der Waals surface area contributed by atoms with Gasteiger partial charge in [0.1, 0.15) is 10.0 Å². The minimum atomic E-state index is -0.114. The van der Waals surface area contributed by atoms with Crippen LogP contribution >= 0.6 is 58.3 Å². The lowest BCUT2D eigenvalue weighted by molar-refractivity contribution is 1.17. The first-order valence-corrected chi connectivity index (χ1v) is 8.40. The number of guanidine groups is 1. The Kier molecular flexibility index (Phi) is 5.53. The summed E-state index contributed by atoms with van der Waals surface area (Å²) >= 11 is 15.1. The molecule has 3 aromatic rings. The molecule has 4 N–H and O–H groups in total. The highest BCUT2D eigenvalue weighted by atomic mass is 35.5. The quantitative estimate of drug-likeness (QED) is 0.391. The maximum atomic E-state index is 6.24. The van der Waals surface area contributed by atoms with E-state index in [9.17, 15) is 0 Å². The van der Waals surface area contributed by atoms with Crippen LogP contribution in [-0.4, -0.2) is 21.6 Å². The Morgan fingerprint density at radius 3 is 2.70 bits per heavy atom. The molecule has 0 unspecified atom stereocenters. The Labute approximate surface area is 155 Å². The molecule has 0 amide bonds. The van der Waals surface area contributed by atoms with Gasteiger partial charge in [0, 0.05) is 16.6 Å². The van der Waals surface area contributed by atoms with Gasteiger partial charge in [0.05, 0.1) is 16.2 Å². The molecule has 0 aliphatic heterocycles. The number of rotatable bonds is 3. The average Bonchev–Trinajstić information content (AvgIpc) is 3.03. The molecule has 0 aliphatic rings. The molecule has 0 aromatic carbocycles. The standard InChI is InChI=1S/C12H10Cl2N6S2.ClH/c1-5-4-20-7(3-17-19-11(15)16)9(18-12(20)21-5)6-2-8(13)22-10(6)14;/h2-4H,1H3,(H4,15,16,19);1H/b17-3+;. The monoisotopic (exact) mass is 408 g/mol. The number of imidazole rings is 1. The van der Waals surface area contributed by atoms with Crippen LogP contribution in [0.25, 0.3) is 16.2 Å². The second-order valence-corrected chi connectivity index (χ2v) is 7.85. The van der Waals surface area contributed by atoms with E-state index in [1.54, 1.807) is 23.6 Å². The number of aryl methyl sites for hydroxylation is 1. The van der Waals surface area contributed by atoms with E-state index in [4.69, 9.17) is 34.7 Å². The van der Waals surface area contributed by atoms with E-state index in [0.717, 1.165) is 21.1 Å². The fourth-order valence-electron chi connectivity index (χ4n) is 1.95. The number of thiophene rings is 1. The van der Waals surface area contributed by atoms with E-state index >= 15 is 0 Å². The van der Waals surface area contributed by atoms with Crippen molar-refractivity contribution in [1.82, 2.24) is 9.38 Å². The summed E-state index contributed by atoms with van der Waals surface area (Å²) in [6.07, 6.45) is 3.51. The van der Waals surface area contributed by atoms with Gasteiger partial charge in [0.25, 0.3) is 0 Å². The second-order valence-electron chi connectivity index (χ2n) is 4.35. The van der Waals surface area contributed by atoms with Gasteiger partial charge in [0.2, 0.25) is 5.96 Å². The highest BCUT2D eigenvalue weighted by molar-refractivity contribution is 7.20. The minimum absolute atomic E-state index is 0. The van der Waals surface area contributed by atoms with Crippen LogP contribution in [-0.2, 0) is 0 Å². The van der Waals surface area contributed by atoms with Crippen molar-refractivity contribution < 1.29 is 0 Å². The van der Waals surface area contributed by atoms with Crippen molar-refractivity contribution in [2.45, 2.75) is 6.92 Å². The largest absolute Gasteiger partial charge is 0.369 e. The van der Waals surface area contributed by atoms with Gasteiger partial charge in [-0.15, -0.1) is 40.2 Å². The number of aromatic nitrogens is 2. The molecule has 0 saturated heterocycles. The lowest BCUT2D eigenvalue weighted by Gasteiger charge is -1.97. The molecule has 0 aliphatic carbocycles. The number of nitrogens with zero attached hydrogens (tertiary/aromatic N) is 4. The third-order valence-corrected chi connectivity index (χ3v) is 5.13. The first kappa shape index (κ1) is 18.0. The molecular weight excluding hydrogens is 399 g/mol. The van der Waals surface area contributed by atoms with Crippen LogP contribution in [0.3, 0.4) is 0 Å². The molecule has 0 fully saturated rings. The number of nitrogens with two attached hydrogens (primary N) is 2. The van der Waals surface area contributed by atoms with Gasteiger partial charge in [-0.1, -0.05) is 23.2 Å². The number of fused-ring (bicyclic) bond motifs is 1. The summed E-state index contributed by atoms with van der Waals surface area (Å²) in [4.78, 5) is 6.57. The van der Waals surface area contributed by atoms with Gasteiger partial charge in [-0.2, -0.15) is 5.10 Å². The predicted molar refractivity (Wildman–Crippen MR) is 102 cm³/mol. The van der Waals surface area contributed by atoms with E-state index in [2.05, 4.69) is 15.2 Å². The highest BCUT2D eigenvalue weighted by Crippen LogP contribution is 2.39. The summed E-state index contributed by atoms with van der Waals surface area (Å²) in [6.45, 7) is 2.00. The van der Waals surface area contributed by atoms with Crippen molar-refractivity contribution in [2.24, 2.45) is 21.7 Å². The van der Waals surface area contributed by atoms with Crippen molar-refractivity contribution in [3.63, 3.8) is 0 Å². The van der Waals surface area contributed by atoms with Gasteiger partial charge >= 0.3 is 0 Å². The van der Waals surface area contributed by atoms with Crippen molar-refractivity contribution in [3.8, 4) is 11.3 Å². The van der Waals surface area contributed by atoms with E-state index in [1.165, 1.54) is 11.3 Å². The molecule has 0 spiro atoms. The van der Waals surface area contributed by atoms with Gasteiger partial charge in [-0.25, -0.2) is 4.98 Å². The number of thiazole rings is 1. The molecule has 0 atom stereocenters. The summed E-state index contributed by atoms with van der Waals surface area (Å²) in [7, 11) is 0. The van der Waals surface area contributed by atoms with Crippen molar-refractivity contribution in [3.05, 3.63) is 31.5 Å². The number of hydrogen-bond donors (Lipinski definition) is 2. The Morgan fingerprint density at radius 1 is 1.35 bits per heavy atom. The van der Waals surface area contributed by atoms with Crippen LogP contribution in [0.1, 0.15) is 10.6 Å². The predicted octanol–water partition coefficient (Wildman–Crippen LogP) is 3.77. The van der Waals surface area contributed by atoms with Crippen LogP contribution in [0, 0.1) is 6.92 Å². The topological polar surface area (TPSA) is 94.1 Å². The summed E-state index contributed by atoms with van der Waals surface area (Å²) in [6, 6.07) is 1.78. The molecule has 0 radical (unpaired) electrons. The molecule has 3 heterocycles. The molecule has 11 heteroatoms. The summed E-state index contributed by atoms with van der Waals surface area (Å²) < 4.78 is 3.09. The molecule has 6 nitrogen and oxygen atoms in total. The summed E-state index contributed by atoms with van der Waals surface area (Å²) in [5.74, 6) is -0.114. The van der Waals surface area contributed by atoms with E-state index in [0.29, 0.717) is 14.4 Å². The molecule has 23 heavy (non-hydrogen) atoms. The fraction of sp³-hybridized carbons (Fsp3) is 0.0833. The second kappa shape index (κ2) is 7.06. The molecule has 0 saturated carbocycles. The Hall–Kier alpha value is -1.32. The van der Waals surface area contributed by atoms with Crippen LogP contribution in [0.2, 0.25) is 8.67 Å². The first-order chi connectivity index (χ1) is 10.5. The Balaban J connectivity index is 0.00000192. The summed E-state index contributed by atoms with van der Waals surface area (Å²) in [5.41, 5.74) is 12.8. The molecule has 0 bridgehead atoms. The van der Waals surface area contributed by atoms with Gasteiger partial charge in [-0.3, -0.25) is 4.40 Å². The Bertz CT molecular complexity index is 904. The summed E-state index contributed by atoms with van der Waals surface area (Å²) in [5, 5.41) is 7.50. The van der Waals surface area contributed by atoms with Crippen LogP contribution in [0.15, 0.2) is 22.5 Å². The number of hydrogen-bond acceptors (Lipinski definition) is 5. The zero-order chi connectivity index (χ0) is 15.9. The maximum Gasteiger partial charge on any atom is 0.211 e. The Morgan fingerprint density at radius 2 is 2.09 bits per heavy atom. The smallest absolute Gasteiger partial charge is 0.211 e. The molecule has 122 valence electrons. The fourth-order valence-corrected chi connectivity index (χ4v) is 4.24. The highest BCUT2D eigenvalue weighted by Gasteiger charge is 2.18. The van der Waals surface area contributed by atoms with E-state index < -0.39 is 0 Å². The third kappa shape index (κ3) is 3.61. The normalized spacial score (nSPS) is 11.1. The van der Waals surface area contributed by atoms with Gasteiger partial charge < -0.3 is 11.5 Å². The maximum absolute atomic E-state index is 6.24. The van der Waals surface area contributed by atoms with E-state index in [-0.39, 0.29) is 18.4 Å². The van der Waals surface area contributed by atoms with Crippen LogP contribution < -0.4 is 11.5 Å². The molecule has 3 aromatic heterocycles. The van der Waals surface area contributed by atoms with Crippen LogP contribution in [0.4, 0.5) is 0 Å². The SMILES string of the molecule is Cc1cn2c(/C=N/N=C(N)N)c(-c3cc(Cl)sc3Cl)nc2s1.Cl.